The molecule has 1 aromatic rings. The number of aromatic nitrogens is 2. The molecule has 0 radical (unpaired) electrons. The molecule has 5 atom stereocenters. The average Bonchev–Trinajstić information content (AvgIpc) is 3.14. The third kappa shape index (κ3) is 13.7. The normalized spacial score (nSPS) is 22.4. The highest BCUT2D eigenvalue weighted by atomic mass is 31.3. The lowest BCUT2D eigenvalue weighted by Gasteiger charge is -2.21. The molecule has 0 aliphatic carbocycles. The maximum Gasteiger partial charge on any atom is 0.481 e. The Morgan fingerprint density at radius 1 is 0.927 bits per heavy atom. The molecule has 17 heteroatoms. The summed E-state index contributed by atoms with van der Waals surface area (Å²) in [6, 6.07) is 1.13. The summed E-state index contributed by atoms with van der Waals surface area (Å²) in [5.74, 6) is 0. The van der Waals surface area contributed by atoms with Crippen molar-refractivity contribution in [2.75, 3.05) is 26.2 Å². The molecule has 240 valence electrons. The SMILES string of the molecule is CCCCN(CCCC)CCCC.CCCc1cc(=O)n([C@@H]2O[C@H](COP(=O)(O)OP(=O)(O)O)[C@@H](O)[C@H]2O)c(=O)[nH]1. The Kier molecular flexibility index (Phi) is 17.0. The highest BCUT2D eigenvalue weighted by Gasteiger charge is 2.46. The van der Waals surface area contributed by atoms with Crippen LogP contribution in [-0.4, -0.2) is 83.9 Å². The summed E-state index contributed by atoms with van der Waals surface area (Å²) < 4.78 is 35.7. The largest absolute Gasteiger partial charge is 0.481 e. The van der Waals surface area contributed by atoms with Gasteiger partial charge < -0.3 is 39.5 Å². The molecular weight excluding hydrogens is 584 g/mol. The third-order valence-corrected chi connectivity index (χ3v) is 8.38. The van der Waals surface area contributed by atoms with Crippen molar-refractivity contribution >= 4 is 15.6 Å². The summed E-state index contributed by atoms with van der Waals surface area (Å²) in [6.45, 7) is 11.7. The maximum atomic E-state index is 12.2. The van der Waals surface area contributed by atoms with Gasteiger partial charge in [-0.2, -0.15) is 4.31 Å². The van der Waals surface area contributed by atoms with Crippen LogP contribution in [0.1, 0.15) is 84.6 Å². The lowest BCUT2D eigenvalue weighted by Crippen LogP contribution is -2.43. The lowest BCUT2D eigenvalue weighted by atomic mass is 10.1. The molecule has 0 spiro atoms. The molecule has 2 heterocycles. The Labute approximate surface area is 240 Å². The van der Waals surface area contributed by atoms with Crippen LogP contribution in [0.2, 0.25) is 0 Å². The minimum Gasteiger partial charge on any atom is -0.387 e. The Morgan fingerprint density at radius 2 is 1.46 bits per heavy atom. The predicted octanol–water partition coefficient (Wildman–Crippen LogP) is 2.02. The van der Waals surface area contributed by atoms with Crippen LogP contribution in [0.5, 0.6) is 0 Å². The summed E-state index contributed by atoms with van der Waals surface area (Å²) in [5, 5.41) is 20.1. The summed E-state index contributed by atoms with van der Waals surface area (Å²) in [6.07, 6.45) is 2.53. The van der Waals surface area contributed by atoms with Gasteiger partial charge in [0.25, 0.3) is 5.56 Å². The Morgan fingerprint density at radius 3 is 1.90 bits per heavy atom. The minimum atomic E-state index is -5.34. The zero-order valence-corrected chi connectivity index (χ0v) is 26.0. The van der Waals surface area contributed by atoms with Crippen molar-refractivity contribution < 1.29 is 47.6 Å². The van der Waals surface area contributed by atoms with E-state index in [1.807, 2.05) is 6.92 Å². The molecule has 0 saturated carbocycles. The van der Waals surface area contributed by atoms with E-state index in [0.717, 1.165) is 6.07 Å². The van der Waals surface area contributed by atoms with Crippen LogP contribution in [0.25, 0.3) is 0 Å². The smallest absolute Gasteiger partial charge is 0.387 e. The van der Waals surface area contributed by atoms with Crippen molar-refractivity contribution in [1.29, 1.82) is 0 Å². The first kappa shape index (κ1) is 37.8. The van der Waals surface area contributed by atoms with Gasteiger partial charge in [-0.3, -0.25) is 9.32 Å². The quantitative estimate of drug-likeness (QED) is 0.136. The fraction of sp³-hybridized carbons (Fsp3) is 0.833. The first-order valence-electron chi connectivity index (χ1n) is 14.0. The number of hydrogen-bond donors (Lipinski definition) is 6. The van der Waals surface area contributed by atoms with Gasteiger partial charge in [0.1, 0.15) is 18.3 Å². The molecule has 1 aliphatic heterocycles. The number of nitrogens with zero attached hydrogens (tertiary/aromatic N) is 2. The molecule has 15 nitrogen and oxygen atoms in total. The van der Waals surface area contributed by atoms with E-state index in [1.165, 1.54) is 58.2 Å². The molecule has 0 amide bonds. The third-order valence-electron chi connectivity index (χ3n) is 6.23. The summed E-state index contributed by atoms with van der Waals surface area (Å²) >= 11 is 0. The van der Waals surface area contributed by atoms with E-state index in [4.69, 9.17) is 14.5 Å². The van der Waals surface area contributed by atoms with E-state index in [0.29, 0.717) is 23.1 Å². The summed E-state index contributed by atoms with van der Waals surface area (Å²) in [5.41, 5.74) is -1.33. The second-order valence-corrected chi connectivity index (χ2v) is 12.7. The molecule has 1 aliphatic rings. The Hall–Kier alpha value is -1.22. The number of hydrogen-bond acceptors (Lipinski definition) is 10. The van der Waals surface area contributed by atoms with Crippen molar-refractivity contribution in [3.8, 4) is 0 Å². The molecule has 1 unspecified atom stereocenters. The van der Waals surface area contributed by atoms with Gasteiger partial charge in [0.05, 0.1) is 6.61 Å². The number of nitrogens with one attached hydrogen (secondary N) is 1. The van der Waals surface area contributed by atoms with E-state index in [1.54, 1.807) is 0 Å². The van der Waals surface area contributed by atoms with Crippen molar-refractivity contribution in [1.82, 2.24) is 14.5 Å². The van der Waals surface area contributed by atoms with Crippen LogP contribution in [0.4, 0.5) is 0 Å². The molecule has 1 saturated heterocycles. The van der Waals surface area contributed by atoms with Crippen molar-refractivity contribution in [3.63, 3.8) is 0 Å². The molecule has 6 N–H and O–H groups in total. The zero-order valence-electron chi connectivity index (χ0n) is 24.3. The number of ether oxygens (including phenoxy) is 1. The standard InChI is InChI=1S/C12H20N2O12P2.C12H27N/c1-2-3-6-4-8(15)14(12(18)13-6)11-10(17)9(16)7(25-11)5-24-28(22,23)26-27(19,20)21;1-4-7-10-13(11-8-5-2)12-9-6-3/h4,7,9-11,16-17H,2-3,5H2,1H3,(H,13,18)(H,22,23)(H2,19,20,21);4-12H2,1-3H3/t7-,9-,10-,11-;/m1./s1. The second kappa shape index (κ2) is 18.4. The van der Waals surface area contributed by atoms with Gasteiger partial charge in [0, 0.05) is 11.8 Å². The van der Waals surface area contributed by atoms with Crippen LogP contribution < -0.4 is 11.2 Å². The highest BCUT2D eigenvalue weighted by Crippen LogP contribution is 2.57. The van der Waals surface area contributed by atoms with Gasteiger partial charge in [0.2, 0.25) is 0 Å². The van der Waals surface area contributed by atoms with Gasteiger partial charge in [-0.25, -0.2) is 18.5 Å². The number of unbranched alkanes of at least 4 members (excludes halogenated alkanes) is 3. The highest BCUT2D eigenvalue weighted by molar-refractivity contribution is 7.60. The van der Waals surface area contributed by atoms with Gasteiger partial charge >= 0.3 is 21.3 Å². The lowest BCUT2D eigenvalue weighted by molar-refractivity contribution is -0.0557. The zero-order chi connectivity index (χ0) is 31.2. The second-order valence-electron chi connectivity index (χ2n) is 9.84. The van der Waals surface area contributed by atoms with Gasteiger partial charge in [-0.15, -0.1) is 0 Å². The van der Waals surface area contributed by atoms with Crippen molar-refractivity contribution in [2.45, 2.75) is 104 Å². The van der Waals surface area contributed by atoms with Crippen LogP contribution in [0, 0.1) is 0 Å². The van der Waals surface area contributed by atoms with Crippen molar-refractivity contribution in [3.05, 3.63) is 32.6 Å². The van der Waals surface area contributed by atoms with Gasteiger partial charge in [-0.1, -0.05) is 53.4 Å². The number of phosphoric acid groups is 2. The fourth-order valence-corrected chi connectivity index (χ4v) is 5.68. The number of aliphatic hydroxyl groups excluding tert-OH is 2. The molecule has 0 aromatic carbocycles. The summed E-state index contributed by atoms with van der Waals surface area (Å²) in [4.78, 5) is 55.7. The average molecular weight is 632 g/mol. The van der Waals surface area contributed by atoms with Crippen LogP contribution in [0.15, 0.2) is 15.7 Å². The Bertz CT molecular complexity index is 1060. The summed E-state index contributed by atoms with van der Waals surface area (Å²) in [7, 11) is -10.6. The van der Waals surface area contributed by atoms with E-state index >= 15 is 0 Å². The number of phosphoric ester groups is 1. The topological polar surface area (TPSA) is 221 Å². The van der Waals surface area contributed by atoms with E-state index < -0.39 is 58.0 Å². The molecule has 1 fully saturated rings. The number of aliphatic hydroxyl groups is 2. The first-order chi connectivity index (χ1) is 19.2. The number of aromatic amines is 1. The van der Waals surface area contributed by atoms with Crippen LogP contribution >= 0.6 is 15.6 Å². The molecule has 1 aromatic heterocycles. The van der Waals surface area contributed by atoms with Crippen LogP contribution in [-0.2, 0) is 29.1 Å². The monoisotopic (exact) mass is 631 g/mol. The first-order valence-corrected chi connectivity index (χ1v) is 17.0. The molecule has 41 heavy (non-hydrogen) atoms. The van der Waals surface area contributed by atoms with Gasteiger partial charge in [0.15, 0.2) is 6.23 Å². The number of H-pyrrole nitrogens is 1. The van der Waals surface area contributed by atoms with E-state index in [9.17, 15) is 33.8 Å². The number of rotatable bonds is 17. The number of aryl methyl sites for hydroxylation is 1. The molecule has 0 bridgehead atoms. The van der Waals surface area contributed by atoms with Gasteiger partial charge in [-0.05, 0) is 45.3 Å². The van der Waals surface area contributed by atoms with Crippen molar-refractivity contribution in [2.24, 2.45) is 0 Å². The fourth-order valence-electron chi connectivity index (χ4n) is 4.08. The van der Waals surface area contributed by atoms with E-state index in [2.05, 4.69) is 39.5 Å². The maximum absolute atomic E-state index is 12.2. The van der Waals surface area contributed by atoms with Crippen LogP contribution in [0.3, 0.4) is 0 Å². The minimum absolute atomic E-state index is 0.373. The molecule has 2 rings (SSSR count). The van der Waals surface area contributed by atoms with E-state index in [-0.39, 0.29) is 0 Å². The molecular formula is C24H47N3O12P2. The Balaban J connectivity index is 0.000000545. The predicted molar refractivity (Wildman–Crippen MR) is 151 cm³/mol.